The predicted molar refractivity (Wildman–Crippen MR) is 120 cm³/mol. The summed E-state index contributed by atoms with van der Waals surface area (Å²) in [6.07, 6.45) is 0.671. The third-order valence-corrected chi connectivity index (χ3v) is 3.80. The van der Waals surface area contributed by atoms with E-state index >= 15 is 0 Å². The number of methoxy groups -OCH3 is 1. The lowest BCUT2D eigenvalue weighted by Crippen LogP contribution is -2.39. The fourth-order valence-electron chi connectivity index (χ4n) is 2.44. The minimum Gasteiger partial charge on any atom is -0.504 e. The molecule has 0 aliphatic carbocycles. The van der Waals surface area contributed by atoms with Crippen LogP contribution in [0.2, 0.25) is 0 Å². The van der Waals surface area contributed by atoms with Crippen molar-refractivity contribution in [1.29, 1.82) is 0 Å². The van der Waals surface area contributed by atoms with E-state index in [4.69, 9.17) is 9.47 Å². The first-order valence-electron chi connectivity index (χ1n) is 8.99. The van der Waals surface area contributed by atoms with Gasteiger partial charge in [0.25, 0.3) is 0 Å². The number of aromatic hydroxyl groups is 1. The number of phenolic OH excluding ortho intramolecular Hbond substituents is 1. The number of aliphatic imine (C=N–C) groups is 1. The van der Waals surface area contributed by atoms with Crippen LogP contribution in [0.25, 0.3) is 0 Å². The Hall–Kier alpha value is -2.30. The van der Waals surface area contributed by atoms with E-state index in [1.54, 1.807) is 12.1 Å². The summed E-state index contributed by atoms with van der Waals surface area (Å²) in [5.41, 5.74) is 0.990. The van der Waals surface area contributed by atoms with Gasteiger partial charge in [0, 0.05) is 19.2 Å². The average molecular weight is 521 g/mol. The summed E-state index contributed by atoms with van der Waals surface area (Å²) in [6.45, 7) is 3.76. The highest BCUT2D eigenvalue weighted by molar-refractivity contribution is 14.0. The van der Waals surface area contributed by atoms with Gasteiger partial charge < -0.3 is 25.2 Å². The van der Waals surface area contributed by atoms with Crippen LogP contribution in [0.1, 0.15) is 12.5 Å². The summed E-state index contributed by atoms with van der Waals surface area (Å²) >= 11 is 0. The lowest BCUT2D eigenvalue weighted by Gasteiger charge is -2.12. The first-order valence-corrected chi connectivity index (χ1v) is 8.99. The zero-order valence-electron chi connectivity index (χ0n) is 16.4. The Bertz CT molecular complexity index is 807. The van der Waals surface area contributed by atoms with Crippen molar-refractivity contribution in [3.8, 4) is 17.2 Å². The highest BCUT2D eigenvalue weighted by Gasteiger charge is 2.05. The molecule has 160 valence electrons. The van der Waals surface area contributed by atoms with Crippen LogP contribution in [0.15, 0.2) is 41.4 Å². The normalized spacial score (nSPS) is 10.8. The SMILES string of the molecule is CCNC(=NCCc1ccc(O)c(OC)c1)NCCOc1ccc(F)cc1F.I. The predicted octanol–water partition coefficient (Wildman–Crippen LogP) is 3.47. The van der Waals surface area contributed by atoms with Crippen molar-refractivity contribution in [2.75, 3.05) is 33.4 Å². The van der Waals surface area contributed by atoms with Gasteiger partial charge in [0.1, 0.15) is 12.4 Å². The van der Waals surface area contributed by atoms with Gasteiger partial charge in [-0.3, -0.25) is 4.99 Å². The number of halogens is 3. The minimum atomic E-state index is -0.732. The van der Waals surface area contributed by atoms with Crippen molar-refractivity contribution < 1.29 is 23.4 Å². The summed E-state index contributed by atoms with van der Waals surface area (Å²) in [7, 11) is 1.50. The first-order chi connectivity index (χ1) is 13.5. The van der Waals surface area contributed by atoms with Crippen molar-refractivity contribution in [3.05, 3.63) is 53.6 Å². The molecule has 0 aromatic heterocycles. The number of hydrogen-bond acceptors (Lipinski definition) is 4. The molecule has 0 bridgehead atoms. The number of rotatable bonds is 9. The van der Waals surface area contributed by atoms with Crippen molar-refractivity contribution in [1.82, 2.24) is 10.6 Å². The Balaban J connectivity index is 0.00000420. The van der Waals surface area contributed by atoms with E-state index in [1.807, 2.05) is 13.0 Å². The Morgan fingerprint density at radius 2 is 1.90 bits per heavy atom. The van der Waals surface area contributed by atoms with Crippen LogP contribution in [0, 0.1) is 11.6 Å². The topological polar surface area (TPSA) is 75.1 Å². The molecule has 0 radical (unpaired) electrons. The summed E-state index contributed by atoms with van der Waals surface area (Å²) < 4.78 is 36.8. The molecule has 29 heavy (non-hydrogen) atoms. The van der Waals surface area contributed by atoms with Crippen molar-refractivity contribution >= 4 is 29.9 Å². The van der Waals surface area contributed by atoms with Crippen LogP contribution in [-0.2, 0) is 6.42 Å². The van der Waals surface area contributed by atoms with Gasteiger partial charge in [-0.15, -0.1) is 24.0 Å². The number of ether oxygens (including phenoxy) is 2. The van der Waals surface area contributed by atoms with Gasteiger partial charge in [-0.25, -0.2) is 8.78 Å². The molecular formula is C20H26F2IN3O3. The fraction of sp³-hybridized carbons (Fsp3) is 0.350. The minimum absolute atomic E-state index is 0. The van der Waals surface area contributed by atoms with E-state index in [2.05, 4.69) is 15.6 Å². The average Bonchev–Trinajstić information content (AvgIpc) is 2.67. The van der Waals surface area contributed by atoms with Crippen LogP contribution in [-0.4, -0.2) is 44.4 Å². The Morgan fingerprint density at radius 1 is 1.10 bits per heavy atom. The summed E-state index contributed by atoms with van der Waals surface area (Å²) in [4.78, 5) is 4.47. The Kier molecular flexibility index (Phi) is 11.1. The molecule has 0 aliphatic rings. The second-order valence-electron chi connectivity index (χ2n) is 5.87. The Labute approximate surface area is 186 Å². The van der Waals surface area contributed by atoms with Gasteiger partial charge >= 0.3 is 0 Å². The molecule has 9 heteroatoms. The number of hydrogen-bond donors (Lipinski definition) is 3. The molecule has 2 aromatic carbocycles. The number of benzene rings is 2. The maximum Gasteiger partial charge on any atom is 0.191 e. The summed E-state index contributed by atoms with van der Waals surface area (Å²) in [5, 5.41) is 15.8. The highest BCUT2D eigenvalue weighted by atomic mass is 127. The fourth-order valence-corrected chi connectivity index (χ4v) is 2.44. The third kappa shape index (κ3) is 8.30. The zero-order chi connectivity index (χ0) is 20.4. The molecule has 0 fully saturated rings. The van der Waals surface area contributed by atoms with Crippen LogP contribution < -0.4 is 20.1 Å². The molecule has 0 unspecified atom stereocenters. The number of guanidine groups is 1. The van der Waals surface area contributed by atoms with Crippen LogP contribution in [0.3, 0.4) is 0 Å². The van der Waals surface area contributed by atoms with Crippen molar-refractivity contribution in [2.24, 2.45) is 4.99 Å². The zero-order valence-corrected chi connectivity index (χ0v) is 18.7. The summed E-state index contributed by atoms with van der Waals surface area (Å²) in [5.74, 6) is -0.234. The number of nitrogens with zero attached hydrogens (tertiary/aromatic N) is 1. The molecule has 0 atom stereocenters. The first kappa shape index (κ1) is 24.7. The molecule has 0 heterocycles. The van der Waals surface area contributed by atoms with Gasteiger partial charge in [-0.2, -0.15) is 0 Å². The monoisotopic (exact) mass is 521 g/mol. The molecule has 3 N–H and O–H groups in total. The van der Waals surface area contributed by atoms with Crippen LogP contribution in [0.5, 0.6) is 17.2 Å². The third-order valence-electron chi connectivity index (χ3n) is 3.80. The quantitative estimate of drug-likeness (QED) is 0.204. The highest BCUT2D eigenvalue weighted by Crippen LogP contribution is 2.26. The van der Waals surface area contributed by atoms with E-state index in [1.165, 1.54) is 13.2 Å². The molecule has 0 saturated carbocycles. The van der Waals surface area contributed by atoms with E-state index < -0.39 is 11.6 Å². The molecule has 6 nitrogen and oxygen atoms in total. The van der Waals surface area contributed by atoms with Gasteiger partial charge in [0.05, 0.1) is 13.7 Å². The van der Waals surface area contributed by atoms with Gasteiger partial charge in [-0.1, -0.05) is 6.07 Å². The standard InChI is InChI=1S/C20H25F2N3O3.HI/c1-3-23-20(24-9-8-14-4-6-17(26)19(12-14)27-2)25-10-11-28-18-7-5-15(21)13-16(18)22;/h4-7,12-13,26H,3,8-11H2,1-2H3,(H2,23,24,25);1H. The molecule has 0 aliphatic heterocycles. The molecule has 0 amide bonds. The molecule has 0 spiro atoms. The van der Waals surface area contributed by atoms with E-state index in [9.17, 15) is 13.9 Å². The second-order valence-corrected chi connectivity index (χ2v) is 5.87. The van der Waals surface area contributed by atoms with Crippen LogP contribution in [0.4, 0.5) is 8.78 Å². The molecule has 2 aromatic rings. The Morgan fingerprint density at radius 3 is 2.59 bits per heavy atom. The van der Waals surface area contributed by atoms with Gasteiger partial charge in [-0.05, 0) is 43.2 Å². The maximum atomic E-state index is 13.5. The maximum absolute atomic E-state index is 13.5. The van der Waals surface area contributed by atoms with Gasteiger partial charge in [0.2, 0.25) is 0 Å². The second kappa shape index (κ2) is 13.0. The smallest absolute Gasteiger partial charge is 0.191 e. The molecular weight excluding hydrogens is 495 g/mol. The van der Waals surface area contributed by atoms with Crippen molar-refractivity contribution in [2.45, 2.75) is 13.3 Å². The molecule has 0 saturated heterocycles. The van der Waals surface area contributed by atoms with E-state index in [-0.39, 0.29) is 42.1 Å². The lowest BCUT2D eigenvalue weighted by molar-refractivity contribution is 0.304. The number of phenols is 1. The van der Waals surface area contributed by atoms with Crippen LogP contribution >= 0.6 is 24.0 Å². The van der Waals surface area contributed by atoms with E-state index in [0.717, 1.165) is 17.7 Å². The van der Waals surface area contributed by atoms with Crippen molar-refractivity contribution in [3.63, 3.8) is 0 Å². The summed E-state index contributed by atoms with van der Waals surface area (Å²) in [6, 6.07) is 8.38. The lowest BCUT2D eigenvalue weighted by atomic mass is 10.1. The largest absolute Gasteiger partial charge is 0.504 e. The van der Waals surface area contributed by atoms with Gasteiger partial charge in [0.15, 0.2) is 29.0 Å². The molecule has 2 rings (SSSR count). The number of nitrogens with one attached hydrogen (secondary N) is 2. The van der Waals surface area contributed by atoms with E-state index in [0.29, 0.717) is 37.8 Å².